The van der Waals surface area contributed by atoms with Crippen LogP contribution in [0.4, 0.5) is 13.8 Å². The first-order chi connectivity index (χ1) is 17.8. The number of hydrogen-bond donors (Lipinski definition) is 1. The van der Waals surface area contributed by atoms with E-state index < -0.39 is 5.82 Å². The first-order valence-corrected chi connectivity index (χ1v) is 12.3. The summed E-state index contributed by atoms with van der Waals surface area (Å²) in [6.07, 6.45) is 5.01. The lowest BCUT2D eigenvalue weighted by atomic mass is 9.96. The Bertz CT molecular complexity index is 1660. The van der Waals surface area contributed by atoms with Crippen LogP contribution in [0.1, 0.15) is 27.9 Å². The second-order valence-electron chi connectivity index (χ2n) is 8.76. The molecule has 0 aliphatic carbocycles. The smallest absolute Gasteiger partial charge is 0.256 e. The number of nitriles is 1. The van der Waals surface area contributed by atoms with Gasteiger partial charge in [-0.05, 0) is 24.1 Å². The van der Waals surface area contributed by atoms with Crippen LogP contribution in [0.5, 0.6) is 0 Å². The third kappa shape index (κ3) is 3.72. The average Bonchev–Trinajstić information content (AvgIpc) is 3.47. The number of amides is 2. The number of carbonyl (C=O) groups excluding carboxylic acids is 2. The monoisotopic (exact) mass is 520 g/mol. The molecule has 3 aromatic rings. The summed E-state index contributed by atoms with van der Waals surface area (Å²) < 4.78 is 31.5. The molecule has 1 atom stereocenters. The molecule has 2 aliphatic rings. The highest BCUT2D eigenvalue weighted by atomic mass is 32.1. The third-order valence-electron chi connectivity index (χ3n) is 6.92. The zero-order valence-electron chi connectivity index (χ0n) is 19.7. The summed E-state index contributed by atoms with van der Waals surface area (Å²) in [4.78, 5) is 33.6. The van der Waals surface area contributed by atoms with Crippen LogP contribution < -0.4 is 15.5 Å². The second-order valence-corrected chi connectivity index (χ2v) is 9.85. The van der Waals surface area contributed by atoms with Gasteiger partial charge in [0, 0.05) is 37.0 Å². The first kappa shape index (κ1) is 24.4. The number of aromatic nitrogens is 2. The van der Waals surface area contributed by atoms with E-state index in [-0.39, 0.29) is 60.4 Å². The molecule has 1 fully saturated rings. The van der Waals surface area contributed by atoms with Crippen molar-refractivity contribution >= 4 is 51.1 Å². The Kier molecular flexibility index (Phi) is 6.13. The molecule has 4 heterocycles. The lowest BCUT2D eigenvalue weighted by Gasteiger charge is -2.42. The maximum Gasteiger partial charge on any atom is 0.256 e. The van der Waals surface area contributed by atoms with E-state index in [4.69, 9.17) is 5.73 Å². The number of allylic oxidation sites excluding steroid dienone is 1. The molecule has 8 nitrogen and oxygen atoms in total. The number of fused-ring (bicyclic) bond motifs is 1. The number of nitrogens with two attached hydrogens (primary N) is 1. The highest BCUT2D eigenvalue weighted by Gasteiger charge is 2.36. The molecule has 1 unspecified atom stereocenters. The third-order valence-corrected chi connectivity index (χ3v) is 7.86. The summed E-state index contributed by atoms with van der Waals surface area (Å²) in [7, 11) is 0. The summed E-state index contributed by atoms with van der Waals surface area (Å²) in [6.45, 7) is 8.81. The molecule has 1 saturated heterocycles. The van der Waals surface area contributed by atoms with Crippen molar-refractivity contribution in [1.29, 1.82) is 5.26 Å². The molecular weight excluding hydrogens is 498 g/mol. The van der Waals surface area contributed by atoms with E-state index in [1.165, 1.54) is 18.5 Å². The Hall–Kier alpha value is -4.30. The number of thiophene rings is 1. The zero-order chi connectivity index (χ0) is 26.4. The van der Waals surface area contributed by atoms with Crippen molar-refractivity contribution in [2.45, 2.75) is 19.0 Å². The molecule has 0 radical (unpaired) electrons. The topological polar surface area (TPSA) is 108 Å². The minimum Gasteiger partial charge on any atom is -0.389 e. The Morgan fingerprint density at radius 2 is 2.08 bits per heavy atom. The zero-order valence-corrected chi connectivity index (χ0v) is 20.5. The number of piperazine rings is 1. The maximum atomic E-state index is 15.9. The molecule has 37 heavy (non-hydrogen) atoms. The highest BCUT2D eigenvalue weighted by Crippen LogP contribution is 2.33. The molecule has 1 aromatic carbocycles. The molecule has 0 spiro atoms. The molecule has 2 aromatic heterocycles. The number of anilines is 1. The van der Waals surface area contributed by atoms with Crippen molar-refractivity contribution in [3.8, 4) is 6.07 Å². The van der Waals surface area contributed by atoms with Gasteiger partial charge in [0.1, 0.15) is 28.7 Å². The van der Waals surface area contributed by atoms with Gasteiger partial charge in [-0.25, -0.2) is 13.8 Å². The molecular formula is C26H22F2N6O2S. The number of hydrogen-bond acceptors (Lipinski definition) is 6. The molecule has 0 bridgehead atoms. The molecule has 5 rings (SSSR count). The predicted octanol–water partition coefficient (Wildman–Crippen LogP) is 2.03. The summed E-state index contributed by atoms with van der Waals surface area (Å²) in [5.41, 5.74) is 6.91. The van der Waals surface area contributed by atoms with Gasteiger partial charge >= 0.3 is 0 Å². The number of imidazole rings is 1. The van der Waals surface area contributed by atoms with Gasteiger partial charge in [0.2, 0.25) is 5.91 Å². The van der Waals surface area contributed by atoms with Crippen LogP contribution >= 0.6 is 11.3 Å². The van der Waals surface area contributed by atoms with Crippen molar-refractivity contribution in [1.82, 2.24) is 19.4 Å². The van der Waals surface area contributed by atoms with Crippen LogP contribution in [0.15, 0.2) is 37.7 Å². The van der Waals surface area contributed by atoms with E-state index in [0.717, 1.165) is 17.4 Å². The van der Waals surface area contributed by atoms with Crippen LogP contribution in [0, 0.1) is 17.1 Å². The van der Waals surface area contributed by atoms with E-state index in [0.29, 0.717) is 44.4 Å². The first-order valence-electron chi connectivity index (χ1n) is 11.5. The van der Waals surface area contributed by atoms with Crippen LogP contribution in [0.3, 0.4) is 0 Å². The van der Waals surface area contributed by atoms with Gasteiger partial charge in [-0.2, -0.15) is 5.26 Å². The molecule has 2 aliphatic heterocycles. The number of rotatable bonds is 3. The molecule has 11 heteroatoms. The number of benzene rings is 1. The quantitative estimate of drug-likeness (QED) is 0.532. The predicted molar refractivity (Wildman–Crippen MR) is 137 cm³/mol. The number of nitrogens with zero attached hydrogens (tertiary/aromatic N) is 5. The van der Waals surface area contributed by atoms with Crippen LogP contribution in [-0.4, -0.2) is 56.8 Å². The van der Waals surface area contributed by atoms with Crippen molar-refractivity contribution in [2.24, 2.45) is 0 Å². The van der Waals surface area contributed by atoms with Gasteiger partial charge in [0.25, 0.3) is 5.91 Å². The lowest BCUT2D eigenvalue weighted by Crippen LogP contribution is -2.57. The van der Waals surface area contributed by atoms with E-state index in [9.17, 15) is 19.2 Å². The summed E-state index contributed by atoms with van der Waals surface area (Å²) in [6, 6.07) is 2.88. The van der Waals surface area contributed by atoms with Crippen molar-refractivity contribution < 1.29 is 18.4 Å². The van der Waals surface area contributed by atoms with Gasteiger partial charge in [-0.3, -0.25) is 9.59 Å². The summed E-state index contributed by atoms with van der Waals surface area (Å²) >= 11 is 0.875. The van der Waals surface area contributed by atoms with Gasteiger partial charge in [-0.1, -0.05) is 19.2 Å². The lowest BCUT2D eigenvalue weighted by molar-refractivity contribution is -0.128. The van der Waals surface area contributed by atoms with Crippen LogP contribution in [0.2, 0.25) is 0 Å². The Morgan fingerprint density at radius 3 is 2.76 bits per heavy atom. The minimum absolute atomic E-state index is 0.0104. The Labute approximate surface area is 214 Å². The minimum atomic E-state index is -0.757. The SMILES string of the molecule is C=CC(=O)N1CCN2C(=O)c3cc(F)c(/C(C=C)=c4\c(C#N)c(N)s\c4=C/F)c4ncn(c34)CCC2C1. The van der Waals surface area contributed by atoms with Crippen LogP contribution in [-0.2, 0) is 11.3 Å². The highest BCUT2D eigenvalue weighted by molar-refractivity contribution is 7.14. The fourth-order valence-electron chi connectivity index (χ4n) is 5.21. The van der Waals surface area contributed by atoms with Gasteiger partial charge in [0.05, 0.1) is 33.5 Å². The standard InChI is InChI=1S/C26H22F2N6O2S/c1-3-15(21-17(11-29)25(30)37-19(21)10-27)22-18(28)9-16-24-23(22)31-13-33(24)6-5-14-12-32(20(35)4-2)7-8-34(14)26(16)36/h3-4,9-10,13-14H,1-2,5-8,12,30H2/b19-10-,21-15+. The molecule has 2 amide bonds. The number of nitrogen functional groups attached to an aromatic ring is 1. The maximum absolute atomic E-state index is 15.9. The van der Waals surface area contributed by atoms with Crippen LogP contribution in [0.25, 0.3) is 22.9 Å². The van der Waals surface area contributed by atoms with E-state index in [1.807, 2.05) is 6.07 Å². The number of halogens is 2. The van der Waals surface area contributed by atoms with E-state index in [2.05, 4.69) is 18.1 Å². The molecule has 2 N–H and O–H groups in total. The fraction of sp³-hybridized carbons (Fsp3) is 0.231. The number of carbonyl (C=O) groups is 2. The molecule has 0 saturated carbocycles. The Balaban J connectivity index is 1.73. The van der Waals surface area contributed by atoms with Gasteiger partial charge in [-0.15, -0.1) is 11.3 Å². The largest absolute Gasteiger partial charge is 0.389 e. The average molecular weight is 521 g/mol. The van der Waals surface area contributed by atoms with Gasteiger partial charge in [0.15, 0.2) is 0 Å². The molecule has 188 valence electrons. The fourth-order valence-corrected chi connectivity index (χ4v) is 6.06. The van der Waals surface area contributed by atoms with Crippen molar-refractivity contribution in [2.75, 3.05) is 25.4 Å². The van der Waals surface area contributed by atoms with E-state index in [1.54, 1.807) is 14.4 Å². The second kappa shape index (κ2) is 9.29. The van der Waals surface area contributed by atoms with Crippen molar-refractivity contribution in [3.63, 3.8) is 0 Å². The Morgan fingerprint density at radius 1 is 1.30 bits per heavy atom. The van der Waals surface area contributed by atoms with Crippen molar-refractivity contribution in [3.05, 3.63) is 70.0 Å². The number of aryl methyl sites for hydroxylation is 1. The summed E-state index contributed by atoms with van der Waals surface area (Å²) in [5.74, 6) is -1.31. The van der Waals surface area contributed by atoms with Gasteiger partial charge < -0.3 is 20.1 Å². The van der Waals surface area contributed by atoms with E-state index >= 15 is 4.39 Å². The summed E-state index contributed by atoms with van der Waals surface area (Å²) in [5, 5.41) is 9.89. The normalized spacial score (nSPS) is 18.7.